The summed E-state index contributed by atoms with van der Waals surface area (Å²) in [5, 5.41) is 2.67. The van der Waals surface area contributed by atoms with Crippen LogP contribution in [0.3, 0.4) is 0 Å². The highest BCUT2D eigenvalue weighted by Crippen LogP contribution is 2.28. The molecule has 1 aliphatic heterocycles. The van der Waals surface area contributed by atoms with E-state index in [4.69, 9.17) is 4.74 Å². The number of piperidine rings is 1. The number of hydrogen-bond acceptors (Lipinski definition) is 8. The van der Waals surface area contributed by atoms with Gasteiger partial charge in [-0.25, -0.2) is 31.5 Å². The zero-order valence-corrected chi connectivity index (χ0v) is 23.8. The summed E-state index contributed by atoms with van der Waals surface area (Å²) < 4.78 is 61.1. The molecule has 0 radical (unpaired) electrons. The van der Waals surface area contributed by atoms with Crippen LogP contribution in [0.5, 0.6) is 5.75 Å². The quantitative estimate of drug-likeness (QED) is 0.416. The standard InChI is InChI=1S/C26H31N5O6S2/c1-17-11-13-31(14-12-17)39(35,36)22-9-10-24(37-4)23(16-22)25(32)29-20-5-7-21(8-6-20)38(33,34)30-26-27-18(2)15-19(3)28-26/h5-10,15-17H,11-14H2,1-4H3,(H,29,32)(H,27,28,30). The molecule has 4 rings (SSSR count). The molecule has 11 nitrogen and oxygen atoms in total. The number of aryl methyl sites for hydroxylation is 2. The summed E-state index contributed by atoms with van der Waals surface area (Å²) in [6, 6.07) is 11.4. The Morgan fingerprint density at radius 1 is 0.923 bits per heavy atom. The maximum atomic E-state index is 13.2. The van der Waals surface area contributed by atoms with Gasteiger partial charge in [0.1, 0.15) is 5.75 Å². The van der Waals surface area contributed by atoms with Gasteiger partial charge in [-0.1, -0.05) is 6.92 Å². The summed E-state index contributed by atoms with van der Waals surface area (Å²) in [6.45, 7) is 6.42. The lowest BCUT2D eigenvalue weighted by atomic mass is 10.0. The van der Waals surface area contributed by atoms with Gasteiger partial charge in [-0.05, 0) is 81.1 Å². The molecule has 0 bridgehead atoms. The lowest BCUT2D eigenvalue weighted by molar-refractivity contribution is 0.102. The molecule has 1 aromatic heterocycles. The molecule has 1 fully saturated rings. The summed E-state index contributed by atoms with van der Waals surface area (Å²) in [4.78, 5) is 21.3. The van der Waals surface area contributed by atoms with E-state index in [9.17, 15) is 21.6 Å². The molecule has 1 saturated heterocycles. The predicted octanol–water partition coefficient (Wildman–Crippen LogP) is 3.58. The molecule has 0 aliphatic carbocycles. The summed E-state index contributed by atoms with van der Waals surface area (Å²) >= 11 is 0. The number of carbonyl (C=O) groups is 1. The molecular weight excluding hydrogens is 542 g/mol. The lowest BCUT2D eigenvalue weighted by Crippen LogP contribution is -2.37. The average molecular weight is 574 g/mol. The molecule has 1 aliphatic rings. The van der Waals surface area contributed by atoms with Gasteiger partial charge < -0.3 is 10.1 Å². The molecular formula is C26H31N5O6S2. The zero-order valence-electron chi connectivity index (χ0n) is 22.1. The Kier molecular flexibility index (Phi) is 8.23. The molecule has 0 unspecified atom stereocenters. The number of hydrogen-bond donors (Lipinski definition) is 2. The Morgan fingerprint density at radius 2 is 1.51 bits per heavy atom. The molecule has 2 aromatic carbocycles. The summed E-state index contributed by atoms with van der Waals surface area (Å²) in [7, 11) is -6.36. The van der Waals surface area contributed by atoms with Gasteiger partial charge in [0.05, 0.1) is 22.5 Å². The molecule has 0 atom stereocenters. The van der Waals surface area contributed by atoms with Crippen molar-refractivity contribution < 1.29 is 26.4 Å². The van der Waals surface area contributed by atoms with E-state index in [1.54, 1.807) is 19.9 Å². The third kappa shape index (κ3) is 6.54. The molecule has 0 saturated carbocycles. The highest BCUT2D eigenvalue weighted by molar-refractivity contribution is 7.92. The van der Waals surface area contributed by atoms with Gasteiger partial charge in [-0.15, -0.1) is 0 Å². The number of benzene rings is 2. The first-order chi connectivity index (χ1) is 18.4. The van der Waals surface area contributed by atoms with Gasteiger partial charge in [0.15, 0.2) is 0 Å². The fourth-order valence-electron chi connectivity index (χ4n) is 4.27. The number of nitrogens with one attached hydrogen (secondary N) is 2. The van der Waals surface area contributed by atoms with Crippen molar-refractivity contribution in [1.29, 1.82) is 0 Å². The summed E-state index contributed by atoms with van der Waals surface area (Å²) in [6.07, 6.45) is 1.56. The number of anilines is 2. The molecule has 39 heavy (non-hydrogen) atoms. The van der Waals surface area contributed by atoms with Crippen molar-refractivity contribution >= 4 is 37.6 Å². The fraction of sp³-hybridized carbons (Fsp3) is 0.346. The first-order valence-electron chi connectivity index (χ1n) is 12.3. The van der Waals surface area contributed by atoms with E-state index in [2.05, 4.69) is 26.9 Å². The number of nitrogens with zero attached hydrogens (tertiary/aromatic N) is 3. The van der Waals surface area contributed by atoms with Crippen molar-refractivity contribution in [2.75, 3.05) is 30.2 Å². The Balaban J connectivity index is 1.52. The summed E-state index contributed by atoms with van der Waals surface area (Å²) in [5.74, 6) is 0.0286. The van der Waals surface area contributed by atoms with Crippen LogP contribution < -0.4 is 14.8 Å². The van der Waals surface area contributed by atoms with Gasteiger partial charge >= 0.3 is 0 Å². The first-order valence-corrected chi connectivity index (χ1v) is 15.3. The SMILES string of the molecule is COc1ccc(S(=O)(=O)N2CCC(C)CC2)cc1C(=O)Nc1ccc(S(=O)(=O)Nc2nc(C)cc(C)n2)cc1. The number of carbonyl (C=O) groups excluding carboxylic acids is 1. The van der Waals surface area contributed by atoms with Crippen LogP contribution in [0.1, 0.15) is 41.5 Å². The first kappa shape index (κ1) is 28.5. The third-order valence-corrected chi connectivity index (χ3v) is 9.67. The monoisotopic (exact) mass is 573 g/mol. The van der Waals surface area contributed by atoms with E-state index < -0.39 is 26.0 Å². The van der Waals surface area contributed by atoms with Crippen LogP contribution in [0.25, 0.3) is 0 Å². The minimum atomic E-state index is -3.97. The van der Waals surface area contributed by atoms with E-state index >= 15 is 0 Å². The van der Waals surface area contributed by atoms with Crippen molar-refractivity contribution in [3.05, 3.63) is 65.5 Å². The number of sulfonamides is 2. The fourth-order valence-corrected chi connectivity index (χ4v) is 6.71. The number of rotatable bonds is 8. The topological polar surface area (TPSA) is 148 Å². The maximum Gasteiger partial charge on any atom is 0.264 e. The van der Waals surface area contributed by atoms with E-state index in [-0.39, 0.29) is 27.1 Å². The molecule has 0 spiro atoms. The van der Waals surface area contributed by atoms with Crippen LogP contribution in [0.2, 0.25) is 0 Å². The lowest BCUT2D eigenvalue weighted by Gasteiger charge is -2.29. The van der Waals surface area contributed by atoms with Crippen molar-refractivity contribution in [1.82, 2.24) is 14.3 Å². The van der Waals surface area contributed by atoms with Crippen molar-refractivity contribution in [2.24, 2.45) is 5.92 Å². The largest absolute Gasteiger partial charge is 0.496 e. The molecule has 1 amide bonds. The van der Waals surface area contributed by atoms with Crippen LogP contribution in [-0.2, 0) is 20.0 Å². The van der Waals surface area contributed by atoms with Gasteiger partial charge in [0.25, 0.3) is 15.9 Å². The van der Waals surface area contributed by atoms with Gasteiger partial charge in [-0.3, -0.25) is 4.79 Å². The summed E-state index contributed by atoms with van der Waals surface area (Å²) in [5.41, 5.74) is 1.59. The van der Waals surface area contributed by atoms with Crippen LogP contribution in [0, 0.1) is 19.8 Å². The maximum absolute atomic E-state index is 13.2. The second kappa shape index (κ2) is 11.3. The smallest absolute Gasteiger partial charge is 0.264 e. The minimum Gasteiger partial charge on any atom is -0.496 e. The van der Waals surface area contributed by atoms with Gasteiger partial charge in [0, 0.05) is 30.2 Å². The average Bonchev–Trinajstić information content (AvgIpc) is 2.88. The highest BCUT2D eigenvalue weighted by atomic mass is 32.2. The number of ether oxygens (including phenoxy) is 1. The second-order valence-corrected chi connectivity index (χ2v) is 13.1. The van der Waals surface area contributed by atoms with E-state index in [1.165, 1.54) is 53.9 Å². The molecule has 3 aromatic rings. The molecule has 208 valence electrons. The van der Waals surface area contributed by atoms with Crippen LogP contribution >= 0.6 is 0 Å². The number of aromatic nitrogens is 2. The van der Waals surface area contributed by atoms with Crippen molar-refractivity contribution in [2.45, 2.75) is 43.4 Å². The van der Waals surface area contributed by atoms with Crippen molar-refractivity contribution in [3.8, 4) is 5.75 Å². The Bertz CT molecular complexity index is 1560. The minimum absolute atomic E-state index is 0.00382. The third-order valence-electron chi connectivity index (χ3n) is 6.43. The van der Waals surface area contributed by atoms with Gasteiger partial charge in [0.2, 0.25) is 16.0 Å². The molecule has 2 N–H and O–H groups in total. The van der Waals surface area contributed by atoms with Crippen LogP contribution in [-0.4, -0.2) is 57.2 Å². The van der Waals surface area contributed by atoms with Crippen LogP contribution in [0.4, 0.5) is 11.6 Å². The van der Waals surface area contributed by atoms with E-state index in [0.29, 0.717) is 36.1 Å². The predicted molar refractivity (Wildman–Crippen MR) is 147 cm³/mol. The second-order valence-electron chi connectivity index (χ2n) is 9.51. The number of amides is 1. The van der Waals surface area contributed by atoms with Gasteiger partial charge in [-0.2, -0.15) is 4.31 Å². The van der Waals surface area contributed by atoms with E-state index in [0.717, 1.165) is 12.8 Å². The van der Waals surface area contributed by atoms with Crippen molar-refractivity contribution in [3.63, 3.8) is 0 Å². The normalized spacial score (nSPS) is 15.1. The number of methoxy groups -OCH3 is 1. The zero-order chi connectivity index (χ0) is 28.4. The Hall–Kier alpha value is -3.55. The van der Waals surface area contributed by atoms with E-state index in [1.807, 2.05) is 0 Å². The molecule has 13 heteroatoms. The highest BCUT2D eigenvalue weighted by Gasteiger charge is 2.29. The molecule has 2 heterocycles. The van der Waals surface area contributed by atoms with Crippen LogP contribution in [0.15, 0.2) is 58.3 Å². The Labute approximate surface area is 228 Å². The Morgan fingerprint density at radius 3 is 2.10 bits per heavy atom.